The van der Waals surface area contributed by atoms with Crippen LogP contribution in [0.5, 0.6) is 0 Å². The molecule has 2 rings (SSSR count). The lowest BCUT2D eigenvalue weighted by Gasteiger charge is -2.12. The fraction of sp³-hybridized carbons (Fsp3) is 0.750. The SMILES string of the molecule is O=C(O)C1CC2CC(C(=O)O)NC2N1. The minimum Gasteiger partial charge on any atom is -0.480 e. The van der Waals surface area contributed by atoms with Gasteiger partial charge >= 0.3 is 11.9 Å². The second-order valence-electron chi connectivity index (χ2n) is 3.82. The highest BCUT2D eigenvalue weighted by Crippen LogP contribution is 2.29. The molecule has 0 bridgehead atoms. The molecule has 14 heavy (non-hydrogen) atoms. The highest BCUT2D eigenvalue weighted by molar-refractivity contribution is 5.75. The summed E-state index contributed by atoms with van der Waals surface area (Å²) in [7, 11) is 0. The van der Waals surface area contributed by atoms with E-state index in [0.29, 0.717) is 12.8 Å². The molecular weight excluding hydrogens is 188 g/mol. The van der Waals surface area contributed by atoms with Gasteiger partial charge in [-0.3, -0.25) is 20.2 Å². The van der Waals surface area contributed by atoms with Crippen LogP contribution in [0.3, 0.4) is 0 Å². The van der Waals surface area contributed by atoms with Gasteiger partial charge in [-0.05, 0) is 18.8 Å². The van der Waals surface area contributed by atoms with Crippen molar-refractivity contribution in [2.75, 3.05) is 0 Å². The number of fused-ring (bicyclic) bond motifs is 1. The Kier molecular flexibility index (Phi) is 2.16. The molecule has 2 saturated heterocycles. The van der Waals surface area contributed by atoms with Crippen molar-refractivity contribution in [1.29, 1.82) is 0 Å². The minimum absolute atomic E-state index is 0.122. The van der Waals surface area contributed by atoms with Crippen LogP contribution in [0.2, 0.25) is 0 Å². The fourth-order valence-corrected chi connectivity index (χ4v) is 2.21. The Balaban J connectivity index is 1.96. The van der Waals surface area contributed by atoms with Crippen LogP contribution in [0.4, 0.5) is 0 Å². The van der Waals surface area contributed by atoms with Gasteiger partial charge in [0.25, 0.3) is 0 Å². The van der Waals surface area contributed by atoms with E-state index in [9.17, 15) is 9.59 Å². The van der Waals surface area contributed by atoms with Crippen LogP contribution in [-0.4, -0.2) is 40.4 Å². The summed E-state index contributed by atoms with van der Waals surface area (Å²) in [5, 5.41) is 23.2. The highest BCUT2D eigenvalue weighted by Gasteiger charge is 2.45. The second kappa shape index (κ2) is 3.21. The van der Waals surface area contributed by atoms with Crippen molar-refractivity contribution in [3.63, 3.8) is 0 Å². The summed E-state index contributed by atoms with van der Waals surface area (Å²) >= 11 is 0. The summed E-state index contributed by atoms with van der Waals surface area (Å²) in [5.74, 6) is -1.61. The van der Waals surface area contributed by atoms with Crippen LogP contribution < -0.4 is 10.6 Å². The summed E-state index contributed by atoms with van der Waals surface area (Å²) < 4.78 is 0. The molecule has 0 aliphatic carbocycles. The zero-order valence-electron chi connectivity index (χ0n) is 7.43. The van der Waals surface area contributed by atoms with Crippen molar-refractivity contribution in [3.8, 4) is 0 Å². The third-order valence-corrected chi connectivity index (χ3v) is 2.91. The lowest BCUT2D eigenvalue weighted by molar-refractivity contribution is -0.139. The van der Waals surface area contributed by atoms with Crippen molar-refractivity contribution in [1.82, 2.24) is 10.6 Å². The number of carboxylic acid groups (broad SMARTS) is 2. The van der Waals surface area contributed by atoms with Gasteiger partial charge in [-0.2, -0.15) is 0 Å². The van der Waals surface area contributed by atoms with E-state index < -0.39 is 24.0 Å². The van der Waals surface area contributed by atoms with Gasteiger partial charge in [0.05, 0.1) is 6.17 Å². The molecule has 0 aromatic heterocycles. The van der Waals surface area contributed by atoms with Crippen LogP contribution in [0.25, 0.3) is 0 Å². The van der Waals surface area contributed by atoms with E-state index in [4.69, 9.17) is 10.2 Å². The van der Waals surface area contributed by atoms with Gasteiger partial charge in [-0.25, -0.2) is 0 Å². The number of nitrogens with one attached hydrogen (secondary N) is 2. The predicted octanol–water partition coefficient (Wildman–Crippen LogP) is -1.18. The Morgan fingerprint density at radius 3 is 1.71 bits per heavy atom. The molecule has 0 aromatic rings. The van der Waals surface area contributed by atoms with E-state index in [1.165, 1.54) is 0 Å². The average Bonchev–Trinajstić information content (AvgIpc) is 2.57. The van der Waals surface area contributed by atoms with Gasteiger partial charge in [0.15, 0.2) is 0 Å². The Morgan fingerprint density at radius 1 is 1.00 bits per heavy atom. The van der Waals surface area contributed by atoms with E-state index in [-0.39, 0.29) is 12.1 Å². The fourth-order valence-electron chi connectivity index (χ4n) is 2.21. The van der Waals surface area contributed by atoms with Crippen LogP contribution in [0.15, 0.2) is 0 Å². The van der Waals surface area contributed by atoms with Crippen molar-refractivity contribution in [3.05, 3.63) is 0 Å². The summed E-state index contributed by atoms with van der Waals surface area (Å²) in [6.45, 7) is 0. The van der Waals surface area contributed by atoms with Crippen LogP contribution in [0, 0.1) is 5.92 Å². The van der Waals surface area contributed by atoms with E-state index in [0.717, 1.165) is 0 Å². The molecule has 0 saturated carbocycles. The van der Waals surface area contributed by atoms with E-state index in [1.54, 1.807) is 0 Å². The number of hydrogen-bond donors (Lipinski definition) is 4. The molecule has 6 nitrogen and oxygen atoms in total. The predicted molar refractivity (Wildman–Crippen MR) is 45.6 cm³/mol. The summed E-state index contributed by atoms with van der Waals surface area (Å²) in [5.41, 5.74) is 0. The Hall–Kier alpha value is -1.14. The molecule has 2 atom stereocenters. The van der Waals surface area contributed by atoms with Gasteiger partial charge in [0, 0.05) is 0 Å². The van der Waals surface area contributed by atoms with E-state index in [2.05, 4.69) is 10.6 Å². The van der Waals surface area contributed by atoms with Gasteiger partial charge in [0.1, 0.15) is 12.1 Å². The lowest BCUT2D eigenvalue weighted by atomic mass is 10.00. The van der Waals surface area contributed by atoms with Crippen LogP contribution in [-0.2, 0) is 9.59 Å². The summed E-state index contributed by atoms with van der Waals surface area (Å²) in [6, 6.07) is -1.07. The first-order valence-corrected chi connectivity index (χ1v) is 4.55. The van der Waals surface area contributed by atoms with Crippen molar-refractivity contribution in [2.45, 2.75) is 31.1 Å². The molecule has 0 amide bonds. The first-order chi connectivity index (χ1) is 6.58. The lowest BCUT2D eigenvalue weighted by Crippen LogP contribution is -2.46. The quantitative estimate of drug-likeness (QED) is 0.448. The van der Waals surface area contributed by atoms with Crippen LogP contribution in [0.1, 0.15) is 12.8 Å². The average molecular weight is 200 g/mol. The van der Waals surface area contributed by atoms with Gasteiger partial charge in [-0.1, -0.05) is 0 Å². The third-order valence-electron chi connectivity index (χ3n) is 2.91. The van der Waals surface area contributed by atoms with Gasteiger partial charge < -0.3 is 10.2 Å². The molecule has 2 unspecified atom stereocenters. The topological polar surface area (TPSA) is 98.7 Å². The molecule has 0 spiro atoms. The first-order valence-electron chi connectivity index (χ1n) is 4.55. The second-order valence-corrected chi connectivity index (χ2v) is 3.82. The normalized spacial score (nSPS) is 40.9. The molecule has 2 heterocycles. The van der Waals surface area contributed by atoms with Crippen LogP contribution >= 0.6 is 0 Å². The number of hydrogen-bond acceptors (Lipinski definition) is 4. The Bertz CT molecular complexity index is 241. The zero-order chi connectivity index (χ0) is 10.3. The number of carboxylic acids is 2. The Labute approximate surface area is 80.3 Å². The molecule has 2 fully saturated rings. The molecule has 2 aliphatic rings. The smallest absolute Gasteiger partial charge is 0.320 e. The monoisotopic (exact) mass is 200 g/mol. The van der Waals surface area contributed by atoms with Crippen molar-refractivity contribution < 1.29 is 19.8 Å². The number of carbonyl (C=O) groups is 2. The van der Waals surface area contributed by atoms with E-state index >= 15 is 0 Å². The zero-order valence-corrected chi connectivity index (χ0v) is 7.43. The molecular formula is C8H12N2O4. The van der Waals surface area contributed by atoms with Gasteiger partial charge in [-0.15, -0.1) is 0 Å². The highest BCUT2D eigenvalue weighted by atomic mass is 16.4. The summed E-state index contributed by atoms with van der Waals surface area (Å²) in [6.07, 6.45) is 0.866. The third kappa shape index (κ3) is 1.46. The van der Waals surface area contributed by atoms with Crippen molar-refractivity contribution >= 4 is 11.9 Å². The number of rotatable bonds is 2. The molecule has 0 radical (unpaired) electrons. The Morgan fingerprint density at radius 2 is 1.43 bits per heavy atom. The molecule has 4 N–H and O–H groups in total. The maximum atomic E-state index is 10.6. The first kappa shape index (κ1) is 9.42. The molecule has 0 aromatic carbocycles. The molecule has 6 heteroatoms. The minimum atomic E-state index is -0.868. The maximum absolute atomic E-state index is 10.6. The van der Waals surface area contributed by atoms with Crippen molar-refractivity contribution in [2.24, 2.45) is 5.92 Å². The molecule has 78 valence electrons. The number of aliphatic carboxylic acids is 2. The van der Waals surface area contributed by atoms with Gasteiger partial charge in [0.2, 0.25) is 0 Å². The standard InChI is InChI=1S/C8H12N2O4/c11-7(12)4-1-3-2-5(8(13)14)10-6(3)9-4/h3-6,9-10H,1-2H2,(H,11,12)(H,13,14). The summed E-state index contributed by atoms with van der Waals surface area (Å²) in [4.78, 5) is 21.3. The largest absolute Gasteiger partial charge is 0.480 e. The van der Waals surface area contributed by atoms with E-state index in [1.807, 2.05) is 0 Å². The molecule has 2 aliphatic heterocycles. The maximum Gasteiger partial charge on any atom is 0.320 e.